The minimum absolute atomic E-state index is 0.0242. The van der Waals surface area contributed by atoms with E-state index in [-0.39, 0.29) is 16.7 Å². The molecule has 158 valence electrons. The molecule has 30 heavy (non-hydrogen) atoms. The van der Waals surface area contributed by atoms with Crippen LogP contribution in [0.4, 0.5) is 5.69 Å². The number of carbonyl (C=O) groups is 1. The van der Waals surface area contributed by atoms with E-state index in [9.17, 15) is 9.59 Å². The molecule has 3 aromatic rings. The Morgan fingerprint density at radius 2 is 1.97 bits per heavy atom. The molecule has 0 unspecified atom stereocenters. The Morgan fingerprint density at radius 1 is 1.23 bits per heavy atom. The average molecular weight is 442 g/mol. The average Bonchev–Trinajstić information content (AvgIpc) is 3.13. The molecule has 0 fully saturated rings. The Morgan fingerprint density at radius 3 is 2.67 bits per heavy atom. The fourth-order valence-corrected chi connectivity index (χ4v) is 6.43. The fourth-order valence-electron chi connectivity index (χ4n) is 4.09. The van der Waals surface area contributed by atoms with Crippen LogP contribution < -0.4 is 10.5 Å². The molecule has 4 rings (SSSR count). The molecule has 7 heteroatoms. The highest BCUT2D eigenvalue weighted by atomic mass is 32.2. The van der Waals surface area contributed by atoms with Crippen LogP contribution in [0.2, 0.25) is 0 Å². The van der Waals surface area contributed by atoms with Crippen molar-refractivity contribution >= 4 is 44.9 Å². The number of amides is 1. The molecule has 1 atom stereocenters. The van der Waals surface area contributed by atoms with Crippen molar-refractivity contribution in [1.82, 2.24) is 9.55 Å². The number of thiophene rings is 1. The van der Waals surface area contributed by atoms with Gasteiger partial charge in [0.25, 0.3) is 5.56 Å². The number of carbonyl (C=O) groups excluding carboxylic acids is 1. The van der Waals surface area contributed by atoms with Gasteiger partial charge in [0.1, 0.15) is 4.83 Å². The van der Waals surface area contributed by atoms with E-state index >= 15 is 0 Å². The van der Waals surface area contributed by atoms with Gasteiger partial charge < -0.3 is 4.90 Å². The van der Waals surface area contributed by atoms with Gasteiger partial charge in [-0.3, -0.25) is 14.2 Å². The summed E-state index contributed by atoms with van der Waals surface area (Å²) in [6, 6.07) is 9.71. The molecule has 5 nitrogen and oxygen atoms in total. The summed E-state index contributed by atoms with van der Waals surface area (Å²) in [6.07, 6.45) is 4.34. The largest absolute Gasteiger partial charge is 0.312 e. The highest BCUT2D eigenvalue weighted by Gasteiger charge is 2.26. The van der Waals surface area contributed by atoms with Crippen molar-refractivity contribution in [2.75, 3.05) is 11.4 Å². The van der Waals surface area contributed by atoms with Gasteiger partial charge in [0.15, 0.2) is 5.16 Å². The first-order chi connectivity index (χ1) is 14.5. The van der Waals surface area contributed by atoms with E-state index in [0.717, 1.165) is 35.2 Å². The van der Waals surface area contributed by atoms with E-state index in [1.54, 1.807) is 20.8 Å². The molecular weight excluding hydrogens is 414 g/mol. The van der Waals surface area contributed by atoms with Gasteiger partial charge in [0, 0.05) is 23.7 Å². The molecule has 0 aliphatic heterocycles. The zero-order chi connectivity index (χ0) is 21.3. The zero-order valence-corrected chi connectivity index (χ0v) is 19.3. The molecule has 0 radical (unpaired) electrons. The summed E-state index contributed by atoms with van der Waals surface area (Å²) in [7, 11) is 0. The maximum atomic E-state index is 13.3. The number of thioether (sulfide) groups is 1. The maximum absolute atomic E-state index is 13.3. The number of rotatable bonds is 6. The molecule has 1 aliphatic carbocycles. The predicted octanol–water partition coefficient (Wildman–Crippen LogP) is 4.89. The van der Waals surface area contributed by atoms with E-state index in [0.29, 0.717) is 18.2 Å². The first-order valence-corrected chi connectivity index (χ1v) is 12.3. The second-order valence-electron chi connectivity index (χ2n) is 7.51. The molecule has 0 saturated heterocycles. The summed E-state index contributed by atoms with van der Waals surface area (Å²) in [5.74, 6) is 0.0242. The van der Waals surface area contributed by atoms with Crippen molar-refractivity contribution in [3.05, 3.63) is 51.1 Å². The van der Waals surface area contributed by atoms with Gasteiger partial charge in [0.05, 0.1) is 10.6 Å². The minimum atomic E-state index is -0.345. The van der Waals surface area contributed by atoms with Crippen LogP contribution in [-0.2, 0) is 24.2 Å². The summed E-state index contributed by atoms with van der Waals surface area (Å²) < 4.78 is 1.73. The van der Waals surface area contributed by atoms with Gasteiger partial charge in [-0.05, 0) is 64.2 Å². The number of fused-ring (bicyclic) bond motifs is 3. The van der Waals surface area contributed by atoms with Gasteiger partial charge in [-0.2, -0.15) is 0 Å². The Labute approximate surface area is 185 Å². The normalized spacial score (nSPS) is 14.5. The van der Waals surface area contributed by atoms with E-state index in [1.807, 2.05) is 51.1 Å². The lowest BCUT2D eigenvalue weighted by molar-refractivity contribution is -0.117. The number of hydrogen-bond acceptors (Lipinski definition) is 5. The molecule has 0 N–H and O–H groups in total. The summed E-state index contributed by atoms with van der Waals surface area (Å²) >= 11 is 3.04. The Kier molecular flexibility index (Phi) is 6.29. The minimum Gasteiger partial charge on any atom is -0.312 e. The summed E-state index contributed by atoms with van der Waals surface area (Å²) in [5, 5.41) is 1.10. The lowest BCUT2D eigenvalue weighted by Crippen LogP contribution is -2.37. The monoisotopic (exact) mass is 441 g/mol. The molecule has 0 bridgehead atoms. The van der Waals surface area contributed by atoms with Crippen molar-refractivity contribution < 1.29 is 4.79 Å². The highest BCUT2D eigenvalue weighted by molar-refractivity contribution is 8.00. The molecule has 2 heterocycles. The summed E-state index contributed by atoms with van der Waals surface area (Å²) in [4.78, 5) is 35.3. The third kappa shape index (κ3) is 3.81. The standard InChI is InChI=1S/C23H27N3O2S2/c1-4-25(16-11-7-6-8-12-16)21(27)15(3)29-23-24-20-19(22(28)26(23)5-2)17-13-9-10-14-18(17)30-20/h6-8,11-12,15H,4-5,9-10,13-14H2,1-3H3/t15-/m1/s1. The number of aromatic nitrogens is 2. The van der Waals surface area contributed by atoms with E-state index in [2.05, 4.69) is 0 Å². The van der Waals surface area contributed by atoms with Crippen LogP contribution in [0, 0.1) is 0 Å². The van der Waals surface area contributed by atoms with Crippen LogP contribution in [0.3, 0.4) is 0 Å². The van der Waals surface area contributed by atoms with Gasteiger partial charge >= 0.3 is 0 Å². The van der Waals surface area contributed by atoms with E-state index in [1.165, 1.54) is 28.6 Å². The second-order valence-corrected chi connectivity index (χ2v) is 9.90. The quantitative estimate of drug-likeness (QED) is 0.404. The second kappa shape index (κ2) is 8.94. The van der Waals surface area contributed by atoms with Crippen molar-refractivity contribution in [2.24, 2.45) is 0 Å². The Bertz CT molecular complexity index is 1120. The maximum Gasteiger partial charge on any atom is 0.263 e. The summed E-state index contributed by atoms with van der Waals surface area (Å²) in [5.41, 5.74) is 2.14. The zero-order valence-electron chi connectivity index (χ0n) is 17.7. The first kappa shape index (κ1) is 21.1. The van der Waals surface area contributed by atoms with Crippen LogP contribution in [0.25, 0.3) is 10.2 Å². The van der Waals surface area contributed by atoms with Crippen molar-refractivity contribution in [3.8, 4) is 0 Å². The molecule has 2 aromatic heterocycles. The van der Waals surface area contributed by atoms with E-state index < -0.39 is 0 Å². The summed E-state index contributed by atoms with van der Waals surface area (Å²) in [6.45, 7) is 6.98. The van der Waals surface area contributed by atoms with Gasteiger partial charge in [0.2, 0.25) is 5.91 Å². The molecule has 0 saturated carbocycles. The number of para-hydroxylation sites is 1. The highest BCUT2D eigenvalue weighted by Crippen LogP contribution is 2.35. The topological polar surface area (TPSA) is 55.2 Å². The van der Waals surface area contributed by atoms with Crippen molar-refractivity contribution in [3.63, 3.8) is 0 Å². The number of anilines is 1. The Balaban J connectivity index is 1.67. The Hall–Kier alpha value is -2.12. The fraction of sp³-hybridized carbons (Fsp3) is 0.435. The van der Waals surface area contributed by atoms with Gasteiger partial charge in [-0.25, -0.2) is 4.98 Å². The number of hydrogen-bond donors (Lipinski definition) is 0. The van der Waals surface area contributed by atoms with Gasteiger partial charge in [-0.15, -0.1) is 11.3 Å². The predicted molar refractivity (Wildman–Crippen MR) is 126 cm³/mol. The lowest BCUT2D eigenvalue weighted by atomic mass is 9.97. The van der Waals surface area contributed by atoms with Crippen molar-refractivity contribution in [2.45, 2.75) is 63.4 Å². The number of nitrogens with zero attached hydrogens (tertiary/aromatic N) is 3. The molecule has 1 aliphatic rings. The third-order valence-corrected chi connectivity index (χ3v) is 7.90. The molecule has 1 amide bonds. The van der Waals surface area contributed by atoms with Crippen LogP contribution in [0.5, 0.6) is 0 Å². The molecule has 0 spiro atoms. The number of aryl methyl sites for hydroxylation is 2. The first-order valence-electron chi connectivity index (χ1n) is 10.6. The van der Waals surface area contributed by atoms with E-state index in [4.69, 9.17) is 4.98 Å². The third-order valence-electron chi connectivity index (χ3n) is 5.64. The van der Waals surface area contributed by atoms with Crippen LogP contribution in [-0.4, -0.2) is 27.3 Å². The smallest absolute Gasteiger partial charge is 0.263 e. The molecular formula is C23H27N3O2S2. The SMILES string of the molecule is CCN(C(=O)[C@@H](C)Sc1nc2sc3c(c2c(=O)n1CC)CCCC3)c1ccccc1. The molecule has 1 aromatic carbocycles. The number of benzene rings is 1. The lowest BCUT2D eigenvalue weighted by Gasteiger charge is -2.24. The van der Waals surface area contributed by atoms with Crippen LogP contribution in [0.15, 0.2) is 40.3 Å². The van der Waals surface area contributed by atoms with Crippen LogP contribution >= 0.6 is 23.1 Å². The van der Waals surface area contributed by atoms with Crippen molar-refractivity contribution in [1.29, 1.82) is 0 Å². The van der Waals surface area contributed by atoms with Gasteiger partial charge in [-0.1, -0.05) is 30.0 Å². The van der Waals surface area contributed by atoms with Crippen LogP contribution in [0.1, 0.15) is 44.1 Å².